The van der Waals surface area contributed by atoms with Crippen LogP contribution in [0.25, 0.3) is 5.82 Å². The first kappa shape index (κ1) is 18.3. The van der Waals surface area contributed by atoms with Crippen LogP contribution in [0.2, 0.25) is 5.02 Å². The average molecular weight is 392 g/mol. The molecule has 2 aromatic heterocycles. The van der Waals surface area contributed by atoms with E-state index >= 15 is 0 Å². The molecule has 0 saturated carbocycles. The van der Waals surface area contributed by atoms with Crippen LogP contribution in [0.15, 0.2) is 41.7 Å². The quantitative estimate of drug-likeness (QED) is 0.669. The highest BCUT2D eigenvalue weighted by Crippen LogP contribution is 2.24. The third kappa shape index (κ3) is 4.20. The molecule has 3 aromatic rings. The summed E-state index contributed by atoms with van der Waals surface area (Å²) in [6, 6.07) is 6.01. The number of hydrogen-bond donors (Lipinski definition) is 1. The Morgan fingerprint density at radius 3 is 2.73 bits per heavy atom. The summed E-state index contributed by atoms with van der Waals surface area (Å²) >= 11 is 6.91. The Labute approximate surface area is 158 Å². The fourth-order valence-electron chi connectivity index (χ4n) is 2.32. The number of amides is 1. The molecular weight excluding hydrogens is 377 g/mol. The molecule has 0 radical (unpaired) electrons. The summed E-state index contributed by atoms with van der Waals surface area (Å²) in [5.41, 5.74) is 1.86. The maximum absolute atomic E-state index is 13.8. The van der Waals surface area contributed by atoms with Gasteiger partial charge in [0, 0.05) is 23.1 Å². The second-order valence-electron chi connectivity index (χ2n) is 5.49. The number of benzene rings is 1. The lowest BCUT2D eigenvalue weighted by Crippen LogP contribution is -2.15. The molecular formula is C17H15ClFN5OS. The molecule has 3 rings (SSSR count). The zero-order valence-corrected chi connectivity index (χ0v) is 15.6. The minimum atomic E-state index is -0.585. The molecule has 0 aliphatic heterocycles. The summed E-state index contributed by atoms with van der Waals surface area (Å²) in [7, 11) is 0. The van der Waals surface area contributed by atoms with Gasteiger partial charge in [-0.1, -0.05) is 23.4 Å². The Kier molecular flexibility index (Phi) is 5.53. The molecule has 0 spiro atoms. The van der Waals surface area contributed by atoms with Crippen LogP contribution in [0, 0.1) is 19.7 Å². The minimum absolute atomic E-state index is 0.0487. The number of nitrogens with zero attached hydrogens (tertiary/aromatic N) is 4. The average Bonchev–Trinajstić information content (AvgIpc) is 2.94. The van der Waals surface area contributed by atoms with E-state index in [1.54, 1.807) is 17.1 Å². The van der Waals surface area contributed by atoms with Crippen molar-refractivity contribution in [1.82, 2.24) is 19.7 Å². The smallest absolute Gasteiger partial charge is 0.234 e. The van der Waals surface area contributed by atoms with E-state index in [4.69, 9.17) is 11.6 Å². The molecule has 1 N–H and O–H groups in total. The number of rotatable bonds is 5. The van der Waals surface area contributed by atoms with Crippen molar-refractivity contribution in [1.29, 1.82) is 0 Å². The predicted molar refractivity (Wildman–Crippen MR) is 99.4 cm³/mol. The van der Waals surface area contributed by atoms with Crippen LogP contribution in [0.3, 0.4) is 0 Å². The zero-order chi connectivity index (χ0) is 18.7. The Bertz CT molecular complexity index is 962. The Morgan fingerprint density at radius 1 is 1.27 bits per heavy atom. The molecule has 2 heterocycles. The molecule has 0 saturated heterocycles. The maximum atomic E-state index is 13.8. The number of aryl methyl sites for hydroxylation is 2. The van der Waals surface area contributed by atoms with E-state index in [1.807, 2.05) is 19.9 Å². The van der Waals surface area contributed by atoms with E-state index in [9.17, 15) is 9.18 Å². The first-order valence-electron chi connectivity index (χ1n) is 7.66. The van der Waals surface area contributed by atoms with E-state index in [0.29, 0.717) is 10.8 Å². The van der Waals surface area contributed by atoms with E-state index < -0.39 is 5.82 Å². The molecule has 6 nitrogen and oxygen atoms in total. The largest absolute Gasteiger partial charge is 0.323 e. The summed E-state index contributed by atoms with van der Waals surface area (Å²) in [5.74, 6) is -0.346. The molecule has 1 amide bonds. The van der Waals surface area contributed by atoms with Gasteiger partial charge in [-0.3, -0.25) is 4.79 Å². The van der Waals surface area contributed by atoms with E-state index in [1.165, 1.54) is 23.9 Å². The van der Waals surface area contributed by atoms with Crippen LogP contribution in [-0.4, -0.2) is 31.4 Å². The monoisotopic (exact) mass is 391 g/mol. The lowest BCUT2D eigenvalue weighted by Gasteiger charge is -2.09. The number of aromatic nitrogens is 4. The molecule has 9 heteroatoms. The standard InChI is InChI=1S/C17H15ClFN5OS/c1-10-7-11(2)24(23-10)16-17(21-6-5-20-16)26-9-15(25)22-14-4-3-12(18)8-13(14)19/h3-8H,9H2,1-2H3,(H,22,25). The summed E-state index contributed by atoms with van der Waals surface area (Å²) < 4.78 is 15.4. The molecule has 1 aromatic carbocycles. The van der Waals surface area contributed by atoms with Gasteiger partial charge in [-0.2, -0.15) is 5.10 Å². The number of hydrogen-bond acceptors (Lipinski definition) is 5. The molecule has 0 bridgehead atoms. The third-order valence-electron chi connectivity index (χ3n) is 3.40. The first-order chi connectivity index (χ1) is 12.4. The third-order valence-corrected chi connectivity index (χ3v) is 4.61. The molecule has 0 unspecified atom stereocenters. The second-order valence-corrected chi connectivity index (χ2v) is 6.89. The van der Waals surface area contributed by atoms with Crippen molar-refractivity contribution in [2.24, 2.45) is 0 Å². The summed E-state index contributed by atoms with van der Waals surface area (Å²) in [5, 5.41) is 7.74. The highest BCUT2D eigenvalue weighted by atomic mass is 35.5. The van der Waals surface area contributed by atoms with Crippen molar-refractivity contribution in [2.75, 3.05) is 11.1 Å². The summed E-state index contributed by atoms with van der Waals surface area (Å²) in [4.78, 5) is 20.7. The fourth-order valence-corrected chi connectivity index (χ4v) is 3.22. The predicted octanol–water partition coefficient (Wildman–Crippen LogP) is 3.80. The zero-order valence-electron chi connectivity index (χ0n) is 14.0. The number of carbonyl (C=O) groups excluding carboxylic acids is 1. The van der Waals surface area contributed by atoms with Crippen LogP contribution >= 0.6 is 23.4 Å². The topological polar surface area (TPSA) is 72.7 Å². The van der Waals surface area contributed by atoms with Gasteiger partial charge in [-0.15, -0.1) is 0 Å². The maximum Gasteiger partial charge on any atom is 0.234 e. The van der Waals surface area contributed by atoms with Crippen molar-refractivity contribution in [3.8, 4) is 5.82 Å². The highest BCUT2D eigenvalue weighted by Gasteiger charge is 2.14. The molecule has 0 aliphatic rings. The number of thioether (sulfide) groups is 1. The molecule has 26 heavy (non-hydrogen) atoms. The van der Waals surface area contributed by atoms with Gasteiger partial charge in [0.1, 0.15) is 10.8 Å². The first-order valence-corrected chi connectivity index (χ1v) is 9.03. The Hall–Kier alpha value is -2.45. The van der Waals surface area contributed by atoms with Gasteiger partial charge < -0.3 is 5.32 Å². The molecule has 0 atom stereocenters. The molecule has 0 aliphatic carbocycles. The van der Waals surface area contributed by atoms with Crippen LogP contribution < -0.4 is 5.32 Å². The van der Waals surface area contributed by atoms with Crippen molar-refractivity contribution in [2.45, 2.75) is 18.9 Å². The van der Waals surface area contributed by atoms with Gasteiger partial charge in [0.2, 0.25) is 5.91 Å². The number of anilines is 1. The van der Waals surface area contributed by atoms with Gasteiger partial charge >= 0.3 is 0 Å². The van der Waals surface area contributed by atoms with Crippen molar-refractivity contribution >= 4 is 35.0 Å². The van der Waals surface area contributed by atoms with Gasteiger partial charge in [0.05, 0.1) is 17.1 Å². The van der Waals surface area contributed by atoms with Crippen LogP contribution in [0.1, 0.15) is 11.4 Å². The van der Waals surface area contributed by atoms with Gasteiger partial charge in [-0.05, 0) is 38.1 Å². The van der Waals surface area contributed by atoms with E-state index in [2.05, 4.69) is 20.4 Å². The van der Waals surface area contributed by atoms with Gasteiger partial charge in [0.15, 0.2) is 5.82 Å². The molecule has 0 fully saturated rings. The number of nitrogens with one attached hydrogen (secondary N) is 1. The minimum Gasteiger partial charge on any atom is -0.323 e. The van der Waals surface area contributed by atoms with Gasteiger partial charge in [-0.25, -0.2) is 19.0 Å². The van der Waals surface area contributed by atoms with Crippen molar-refractivity contribution in [3.63, 3.8) is 0 Å². The van der Waals surface area contributed by atoms with E-state index in [0.717, 1.165) is 17.5 Å². The Balaban J connectivity index is 1.72. The van der Waals surface area contributed by atoms with E-state index in [-0.39, 0.29) is 22.4 Å². The lowest BCUT2D eigenvalue weighted by atomic mass is 10.3. The van der Waals surface area contributed by atoms with Crippen LogP contribution in [-0.2, 0) is 4.79 Å². The fraction of sp³-hybridized carbons (Fsp3) is 0.176. The van der Waals surface area contributed by atoms with Crippen molar-refractivity contribution in [3.05, 3.63) is 58.9 Å². The summed E-state index contributed by atoms with van der Waals surface area (Å²) in [6.07, 6.45) is 3.12. The highest BCUT2D eigenvalue weighted by molar-refractivity contribution is 8.00. The normalized spacial score (nSPS) is 10.8. The lowest BCUT2D eigenvalue weighted by molar-refractivity contribution is -0.113. The summed E-state index contributed by atoms with van der Waals surface area (Å²) in [6.45, 7) is 3.81. The molecule has 134 valence electrons. The number of carbonyl (C=O) groups is 1. The Morgan fingerprint density at radius 2 is 2.04 bits per heavy atom. The number of halogens is 2. The van der Waals surface area contributed by atoms with Gasteiger partial charge in [0.25, 0.3) is 0 Å². The SMILES string of the molecule is Cc1cc(C)n(-c2nccnc2SCC(=O)Nc2ccc(Cl)cc2F)n1. The van der Waals surface area contributed by atoms with Crippen molar-refractivity contribution < 1.29 is 9.18 Å². The van der Waals surface area contributed by atoms with Crippen LogP contribution in [0.5, 0.6) is 0 Å². The second kappa shape index (κ2) is 7.84. The van der Waals surface area contributed by atoms with Crippen LogP contribution in [0.4, 0.5) is 10.1 Å².